The number of amides is 2. The Morgan fingerprint density at radius 2 is 1.58 bits per heavy atom. The molecule has 1 aliphatic rings. The van der Waals surface area contributed by atoms with Gasteiger partial charge in [-0.1, -0.05) is 74.7 Å². The van der Waals surface area contributed by atoms with E-state index in [0.717, 1.165) is 29.7 Å². The molecule has 5 heteroatoms. The lowest BCUT2D eigenvalue weighted by Crippen LogP contribution is -2.52. The number of hydrogen-bond acceptors (Lipinski definition) is 3. The lowest BCUT2D eigenvalue weighted by Gasteiger charge is -2.33. The van der Waals surface area contributed by atoms with Gasteiger partial charge >= 0.3 is 0 Å². The van der Waals surface area contributed by atoms with Gasteiger partial charge in [0.25, 0.3) is 0 Å². The number of hydrogen-bond donors (Lipinski definition) is 1. The largest absolute Gasteiger partial charge is 0.352 e. The zero-order valence-electron chi connectivity index (χ0n) is 20.3. The third-order valence-corrected chi connectivity index (χ3v) is 7.65. The second kappa shape index (κ2) is 12.8. The molecule has 0 saturated heterocycles. The van der Waals surface area contributed by atoms with E-state index in [1.165, 1.54) is 30.4 Å². The van der Waals surface area contributed by atoms with E-state index in [2.05, 4.69) is 43.4 Å². The first kappa shape index (κ1) is 25.4. The van der Waals surface area contributed by atoms with Gasteiger partial charge in [0.05, 0.1) is 5.75 Å². The summed E-state index contributed by atoms with van der Waals surface area (Å²) in [6, 6.07) is 16.2. The highest BCUT2D eigenvalue weighted by atomic mass is 32.2. The first-order valence-electron chi connectivity index (χ1n) is 12.3. The van der Waals surface area contributed by atoms with Crippen molar-refractivity contribution in [3.05, 3.63) is 70.8 Å². The molecule has 0 aromatic heterocycles. The molecule has 0 aliphatic heterocycles. The van der Waals surface area contributed by atoms with Crippen molar-refractivity contribution in [2.24, 2.45) is 0 Å². The maximum atomic E-state index is 13.5. The molecule has 0 unspecified atom stereocenters. The summed E-state index contributed by atoms with van der Waals surface area (Å²) in [7, 11) is 0. The predicted octanol–water partition coefficient (Wildman–Crippen LogP) is 5.79. The SMILES string of the molecule is CC[C@@H](C(=O)NC1CCCCC1)N(Cc1ccccc1C)C(=O)CSCc1ccccc1C. The zero-order valence-corrected chi connectivity index (χ0v) is 21.1. The summed E-state index contributed by atoms with van der Waals surface area (Å²) < 4.78 is 0. The Morgan fingerprint density at radius 3 is 2.18 bits per heavy atom. The first-order chi connectivity index (χ1) is 16.0. The van der Waals surface area contributed by atoms with Crippen molar-refractivity contribution in [2.75, 3.05) is 5.75 Å². The van der Waals surface area contributed by atoms with Crippen molar-refractivity contribution in [2.45, 2.75) is 83.7 Å². The summed E-state index contributed by atoms with van der Waals surface area (Å²) >= 11 is 1.62. The highest BCUT2D eigenvalue weighted by Gasteiger charge is 2.30. The minimum Gasteiger partial charge on any atom is -0.352 e. The number of nitrogens with one attached hydrogen (secondary N) is 1. The van der Waals surface area contributed by atoms with Crippen molar-refractivity contribution in [1.29, 1.82) is 0 Å². The van der Waals surface area contributed by atoms with E-state index in [9.17, 15) is 9.59 Å². The summed E-state index contributed by atoms with van der Waals surface area (Å²) in [5.41, 5.74) is 4.74. The van der Waals surface area contributed by atoms with Crippen LogP contribution in [0.3, 0.4) is 0 Å². The second-order valence-electron chi connectivity index (χ2n) is 9.13. The highest BCUT2D eigenvalue weighted by Crippen LogP contribution is 2.21. The average molecular weight is 467 g/mol. The van der Waals surface area contributed by atoms with Gasteiger partial charge in [0.1, 0.15) is 6.04 Å². The van der Waals surface area contributed by atoms with Gasteiger partial charge in [-0.15, -0.1) is 11.8 Å². The number of carbonyl (C=O) groups is 2. The molecule has 2 amide bonds. The molecule has 1 saturated carbocycles. The van der Waals surface area contributed by atoms with Gasteiger partial charge in [-0.05, 0) is 55.4 Å². The van der Waals surface area contributed by atoms with Crippen molar-refractivity contribution in [3.8, 4) is 0 Å². The van der Waals surface area contributed by atoms with Crippen LogP contribution < -0.4 is 5.32 Å². The number of thioether (sulfide) groups is 1. The summed E-state index contributed by atoms with van der Waals surface area (Å²) in [6.07, 6.45) is 6.28. The second-order valence-corrected chi connectivity index (χ2v) is 10.1. The van der Waals surface area contributed by atoms with E-state index < -0.39 is 6.04 Å². The van der Waals surface area contributed by atoms with E-state index in [1.807, 2.05) is 36.1 Å². The van der Waals surface area contributed by atoms with Gasteiger partial charge in [-0.25, -0.2) is 0 Å². The fourth-order valence-electron chi connectivity index (χ4n) is 4.54. The Bertz CT molecular complexity index is 924. The molecule has 0 spiro atoms. The summed E-state index contributed by atoms with van der Waals surface area (Å²) in [5, 5.41) is 3.26. The van der Waals surface area contributed by atoms with Crippen LogP contribution in [0.15, 0.2) is 48.5 Å². The van der Waals surface area contributed by atoms with Crippen LogP contribution in [0, 0.1) is 13.8 Å². The predicted molar refractivity (Wildman–Crippen MR) is 138 cm³/mol. The Balaban J connectivity index is 1.72. The lowest BCUT2D eigenvalue weighted by molar-refractivity contribution is -0.139. The average Bonchev–Trinajstić information content (AvgIpc) is 2.82. The van der Waals surface area contributed by atoms with Crippen molar-refractivity contribution in [1.82, 2.24) is 10.2 Å². The van der Waals surface area contributed by atoms with Crippen molar-refractivity contribution in [3.63, 3.8) is 0 Å². The molecule has 1 atom stereocenters. The third kappa shape index (κ3) is 7.36. The van der Waals surface area contributed by atoms with E-state index in [4.69, 9.17) is 0 Å². The minimum atomic E-state index is -0.446. The van der Waals surface area contributed by atoms with E-state index in [0.29, 0.717) is 18.7 Å². The molecule has 3 rings (SSSR count). The smallest absolute Gasteiger partial charge is 0.243 e. The maximum absolute atomic E-state index is 13.5. The highest BCUT2D eigenvalue weighted by molar-refractivity contribution is 7.99. The molecule has 1 fully saturated rings. The van der Waals surface area contributed by atoms with E-state index in [-0.39, 0.29) is 17.9 Å². The molecule has 0 radical (unpaired) electrons. The standard InChI is InChI=1S/C28H38N2O2S/c1-4-26(28(32)29-25-16-6-5-7-17-25)30(18-23-14-10-8-12-21(23)2)27(31)20-33-19-24-15-11-9-13-22(24)3/h8-15,25-26H,4-7,16-20H2,1-3H3,(H,29,32)/t26-/m0/s1. The normalized spacial score (nSPS) is 15.1. The van der Waals surface area contributed by atoms with E-state index >= 15 is 0 Å². The van der Waals surface area contributed by atoms with Crippen LogP contribution in [0.4, 0.5) is 0 Å². The van der Waals surface area contributed by atoms with Crippen LogP contribution in [0.1, 0.15) is 67.7 Å². The van der Waals surface area contributed by atoms with Gasteiger partial charge in [0, 0.05) is 18.3 Å². The molecular weight excluding hydrogens is 428 g/mol. The topological polar surface area (TPSA) is 49.4 Å². The molecule has 4 nitrogen and oxygen atoms in total. The van der Waals surface area contributed by atoms with Crippen LogP contribution in [0.2, 0.25) is 0 Å². The number of aryl methyl sites for hydroxylation is 2. The van der Waals surface area contributed by atoms with Gasteiger partial charge < -0.3 is 10.2 Å². The molecule has 2 aromatic rings. The molecule has 178 valence electrons. The molecule has 0 heterocycles. The van der Waals surface area contributed by atoms with Gasteiger partial charge in [0.2, 0.25) is 11.8 Å². The summed E-state index contributed by atoms with van der Waals surface area (Å²) in [5.74, 6) is 1.19. The Morgan fingerprint density at radius 1 is 0.970 bits per heavy atom. The first-order valence-corrected chi connectivity index (χ1v) is 13.4. The van der Waals surface area contributed by atoms with Crippen molar-refractivity contribution < 1.29 is 9.59 Å². The molecule has 1 N–H and O–H groups in total. The number of benzene rings is 2. The molecule has 0 bridgehead atoms. The van der Waals surface area contributed by atoms with Crippen LogP contribution in [0.25, 0.3) is 0 Å². The fraction of sp³-hybridized carbons (Fsp3) is 0.500. The van der Waals surface area contributed by atoms with Gasteiger partial charge in [-0.2, -0.15) is 0 Å². The third-order valence-electron chi connectivity index (χ3n) is 6.68. The number of nitrogens with zero attached hydrogens (tertiary/aromatic N) is 1. The molecular formula is C28H38N2O2S. The molecule has 33 heavy (non-hydrogen) atoms. The lowest BCUT2D eigenvalue weighted by atomic mass is 9.95. The minimum absolute atomic E-state index is 0.00441. The number of carbonyl (C=O) groups excluding carboxylic acids is 2. The maximum Gasteiger partial charge on any atom is 0.243 e. The summed E-state index contributed by atoms with van der Waals surface area (Å²) in [4.78, 5) is 28.6. The molecule has 1 aliphatic carbocycles. The fourth-order valence-corrected chi connectivity index (χ4v) is 5.52. The quantitative estimate of drug-likeness (QED) is 0.482. The van der Waals surface area contributed by atoms with Crippen LogP contribution in [0.5, 0.6) is 0 Å². The van der Waals surface area contributed by atoms with E-state index in [1.54, 1.807) is 11.8 Å². The van der Waals surface area contributed by atoms with Crippen LogP contribution in [-0.2, 0) is 21.9 Å². The Labute approximate surface area is 203 Å². The molecule has 2 aromatic carbocycles. The van der Waals surface area contributed by atoms with Crippen LogP contribution in [-0.4, -0.2) is 34.6 Å². The van der Waals surface area contributed by atoms with Gasteiger partial charge in [0.15, 0.2) is 0 Å². The monoisotopic (exact) mass is 466 g/mol. The zero-order chi connectivity index (χ0) is 23.6. The Hall–Kier alpha value is -2.27. The van der Waals surface area contributed by atoms with Crippen molar-refractivity contribution >= 4 is 23.6 Å². The Kier molecular flexibility index (Phi) is 9.86. The van der Waals surface area contributed by atoms with Crippen LogP contribution >= 0.6 is 11.8 Å². The number of rotatable bonds is 10. The van der Waals surface area contributed by atoms with Gasteiger partial charge in [-0.3, -0.25) is 9.59 Å². The summed E-state index contributed by atoms with van der Waals surface area (Å²) in [6.45, 7) is 6.63.